The maximum Gasteiger partial charge on any atom is 0.420 e. The number of phenolic OH excluding ortho intramolecular Hbond substituents is 1. The largest absolute Gasteiger partial charge is 0.508 e. The number of nitrogens with zero attached hydrogens (tertiary/aromatic N) is 1. The number of hydrogen-bond acceptors (Lipinski definition) is 8. The highest BCUT2D eigenvalue weighted by Crippen LogP contribution is 2.48. The van der Waals surface area contributed by atoms with Gasteiger partial charge in [-0.1, -0.05) is 34.7 Å². The average Bonchev–Trinajstić information content (AvgIpc) is 3.14. The number of alkyl halides is 2. The number of carbonyl (C=O) groups excluding carboxylic acids is 2. The summed E-state index contributed by atoms with van der Waals surface area (Å²) in [5.41, 5.74) is -0.156. The topological polar surface area (TPSA) is 142 Å². The molecule has 1 heterocycles. The normalized spacial score (nSPS) is 13.8. The van der Waals surface area contributed by atoms with Gasteiger partial charge in [-0.15, -0.1) is 0 Å². The summed E-state index contributed by atoms with van der Waals surface area (Å²) < 4.78 is 15.5. The number of aromatic hydroxyl groups is 3. The lowest BCUT2D eigenvalue weighted by Gasteiger charge is -2.37. The van der Waals surface area contributed by atoms with Crippen molar-refractivity contribution < 1.29 is 39.1 Å². The maximum atomic E-state index is 13.5. The lowest BCUT2D eigenvalue weighted by Crippen LogP contribution is -2.53. The molecule has 2 atom stereocenters. The average molecular weight is 848 g/mol. The van der Waals surface area contributed by atoms with E-state index in [4.69, 9.17) is 14.2 Å². The van der Waals surface area contributed by atoms with Gasteiger partial charge in [-0.3, -0.25) is 4.98 Å². The van der Waals surface area contributed by atoms with Gasteiger partial charge in [0.15, 0.2) is 11.6 Å². The molecule has 2 aromatic carbocycles. The number of aromatic nitrogens is 1. The molecule has 1 amide bonds. The summed E-state index contributed by atoms with van der Waals surface area (Å²) in [4.78, 5) is 28.7. The van der Waals surface area contributed by atoms with Gasteiger partial charge in [-0.2, -0.15) is 0 Å². The zero-order valence-corrected chi connectivity index (χ0v) is 26.2. The highest BCUT2D eigenvalue weighted by Gasteiger charge is 2.53. The molecule has 0 aliphatic carbocycles. The molecule has 0 radical (unpaired) electrons. The number of aromatic amines is 1. The second-order valence-corrected chi connectivity index (χ2v) is 12.6. The van der Waals surface area contributed by atoms with Gasteiger partial charge in [-0.05, 0) is 85.3 Å². The van der Waals surface area contributed by atoms with Crippen molar-refractivity contribution in [2.75, 3.05) is 0 Å². The Kier molecular flexibility index (Phi) is 9.31. The molecule has 0 aliphatic rings. The molecule has 0 saturated carbocycles. The second kappa shape index (κ2) is 11.7. The third kappa shape index (κ3) is 7.24. The summed E-state index contributed by atoms with van der Waals surface area (Å²) in [6.07, 6.45) is -0.769. The molecule has 0 bridgehead atoms. The van der Waals surface area contributed by atoms with Crippen LogP contribution in [0, 0.1) is 0 Å². The van der Waals surface area contributed by atoms with Crippen molar-refractivity contribution in [3.05, 3.63) is 60.2 Å². The van der Waals surface area contributed by atoms with E-state index in [1.165, 1.54) is 12.1 Å². The van der Waals surface area contributed by atoms with Gasteiger partial charge in [0, 0.05) is 6.07 Å². The Hall–Kier alpha value is -2.15. The molecule has 3 aromatic rings. The van der Waals surface area contributed by atoms with Crippen LogP contribution >= 0.6 is 68.0 Å². The van der Waals surface area contributed by atoms with E-state index in [1.807, 2.05) is 45.2 Å². The van der Waals surface area contributed by atoms with Crippen molar-refractivity contribution in [3.8, 4) is 34.8 Å². The van der Waals surface area contributed by atoms with Crippen LogP contribution in [0.5, 0.6) is 34.8 Å². The van der Waals surface area contributed by atoms with Crippen molar-refractivity contribution >= 4 is 80.1 Å². The van der Waals surface area contributed by atoms with E-state index in [1.54, 1.807) is 80.0 Å². The smallest absolute Gasteiger partial charge is 0.420 e. The van der Waals surface area contributed by atoms with Crippen molar-refractivity contribution in [1.29, 1.82) is 0 Å². The minimum absolute atomic E-state index is 0.122. The number of benzene rings is 2. The quantitative estimate of drug-likeness (QED) is 0.0676. The van der Waals surface area contributed by atoms with E-state index in [0.29, 0.717) is 17.1 Å². The molecular weight excluding hydrogens is 825 g/mol. The standard InChI is InChI=1S/C24H23I3N2O8/c1-23(2,3)37-22(34)29(27)24(26,21(33)36-17-12-18(31)28-20(17)32)19(25)13-4-8-15(9-5-13)35-16-10-6-14(30)7-11-16/h4-12,19,28,30-32H,1-3H3/t19?,24-/m0/s1. The first-order chi connectivity index (χ1) is 17.2. The Bertz CT molecular complexity index is 1260. The Morgan fingerprint density at radius 1 is 0.973 bits per heavy atom. The first-order valence-electron chi connectivity index (χ1n) is 10.6. The summed E-state index contributed by atoms with van der Waals surface area (Å²) in [7, 11) is 0. The summed E-state index contributed by atoms with van der Waals surface area (Å²) in [5.74, 6) is -0.939. The van der Waals surface area contributed by atoms with Crippen molar-refractivity contribution in [1.82, 2.24) is 8.10 Å². The number of rotatable bonds is 7. The molecule has 1 unspecified atom stereocenters. The number of esters is 1. The lowest BCUT2D eigenvalue weighted by atomic mass is 10.1. The molecule has 10 nitrogen and oxygen atoms in total. The molecule has 198 valence electrons. The van der Waals surface area contributed by atoms with Crippen LogP contribution in [-0.4, -0.2) is 44.6 Å². The van der Waals surface area contributed by atoms with Gasteiger partial charge in [0.2, 0.25) is 9.43 Å². The fraction of sp³-hybridized carbons (Fsp3) is 0.250. The molecule has 0 saturated heterocycles. The van der Waals surface area contributed by atoms with Gasteiger partial charge in [0.1, 0.15) is 22.8 Å². The van der Waals surface area contributed by atoms with Gasteiger partial charge < -0.3 is 29.5 Å². The van der Waals surface area contributed by atoms with Gasteiger partial charge >= 0.3 is 12.1 Å². The van der Waals surface area contributed by atoms with Crippen LogP contribution in [0.2, 0.25) is 0 Å². The van der Waals surface area contributed by atoms with Crippen molar-refractivity contribution in [2.24, 2.45) is 0 Å². The molecular formula is C24H23I3N2O8. The summed E-state index contributed by atoms with van der Waals surface area (Å²) in [6, 6.07) is 14.2. The minimum Gasteiger partial charge on any atom is -0.508 e. The van der Waals surface area contributed by atoms with Crippen molar-refractivity contribution in [3.63, 3.8) is 0 Å². The van der Waals surface area contributed by atoms with Crippen LogP contribution in [0.4, 0.5) is 4.79 Å². The van der Waals surface area contributed by atoms with E-state index >= 15 is 0 Å². The van der Waals surface area contributed by atoms with Gasteiger partial charge in [-0.25, -0.2) is 12.7 Å². The number of halogens is 3. The molecule has 13 heteroatoms. The summed E-state index contributed by atoms with van der Waals surface area (Å²) >= 11 is 5.56. The molecule has 3 rings (SSSR count). The zero-order valence-electron chi connectivity index (χ0n) is 19.7. The number of H-pyrrole nitrogens is 1. The SMILES string of the molecule is CC(C)(C)OC(=O)N(I)[C@](I)(C(=O)Oc1cc(O)[nH]c1O)C(I)c1ccc(Oc2ccc(O)cc2)cc1. The maximum absolute atomic E-state index is 13.5. The highest BCUT2D eigenvalue weighted by molar-refractivity contribution is 14.1. The number of hydrogen-bond donors (Lipinski definition) is 4. The molecule has 0 spiro atoms. The highest BCUT2D eigenvalue weighted by atomic mass is 127. The Balaban J connectivity index is 1.92. The predicted octanol–water partition coefficient (Wildman–Crippen LogP) is 6.72. The summed E-state index contributed by atoms with van der Waals surface area (Å²) in [6.45, 7) is 5.12. The fourth-order valence-electron chi connectivity index (χ4n) is 2.95. The first-order valence-corrected chi connectivity index (χ1v) is 13.9. The van der Waals surface area contributed by atoms with Crippen molar-refractivity contribution in [2.45, 2.75) is 33.8 Å². The van der Waals surface area contributed by atoms with E-state index < -0.39 is 36.9 Å². The number of carbonyl (C=O) groups is 2. The van der Waals surface area contributed by atoms with Gasteiger partial charge in [0.05, 0.1) is 26.8 Å². The zero-order chi connectivity index (χ0) is 27.5. The first kappa shape index (κ1) is 29.4. The van der Waals surface area contributed by atoms with Crippen LogP contribution < -0.4 is 9.47 Å². The van der Waals surface area contributed by atoms with E-state index in [-0.39, 0.29) is 11.5 Å². The lowest BCUT2D eigenvalue weighted by molar-refractivity contribution is -0.139. The predicted molar refractivity (Wildman–Crippen MR) is 160 cm³/mol. The summed E-state index contributed by atoms with van der Waals surface area (Å²) in [5, 5.41) is 29.0. The third-order valence-corrected chi connectivity index (χ3v) is 11.1. The monoisotopic (exact) mass is 848 g/mol. The molecule has 1 aromatic heterocycles. The van der Waals surface area contributed by atoms with E-state index in [9.17, 15) is 24.9 Å². The number of ether oxygens (including phenoxy) is 3. The van der Waals surface area contributed by atoms with Crippen LogP contribution in [0.1, 0.15) is 30.3 Å². The van der Waals surface area contributed by atoms with Crippen LogP contribution in [0.3, 0.4) is 0 Å². The Morgan fingerprint density at radius 3 is 2.00 bits per heavy atom. The Morgan fingerprint density at radius 2 is 1.51 bits per heavy atom. The fourth-order valence-corrected chi connectivity index (χ4v) is 5.68. The van der Waals surface area contributed by atoms with E-state index in [2.05, 4.69) is 4.98 Å². The number of nitrogens with one attached hydrogen (secondary N) is 1. The van der Waals surface area contributed by atoms with Crippen LogP contribution in [0.15, 0.2) is 54.6 Å². The van der Waals surface area contributed by atoms with Crippen LogP contribution in [0.25, 0.3) is 0 Å². The molecule has 37 heavy (non-hydrogen) atoms. The van der Waals surface area contributed by atoms with E-state index in [0.717, 1.165) is 9.18 Å². The molecule has 0 aliphatic heterocycles. The molecule has 4 N–H and O–H groups in total. The van der Waals surface area contributed by atoms with Crippen LogP contribution in [-0.2, 0) is 9.53 Å². The number of amides is 1. The minimum atomic E-state index is -1.65. The third-order valence-electron chi connectivity index (χ3n) is 4.66. The Labute approximate surface area is 254 Å². The number of phenols is 1. The molecule has 0 fully saturated rings. The van der Waals surface area contributed by atoms with Gasteiger partial charge in [0.25, 0.3) is 0 Å². The second-order valence-electron chi connectivity index (χ2n) is 8.72.